The maximum Gasteiger partial charge on any atom is 0.434 e. The first-order chi connectivity index (χ1) is 15.4. The van der Waals surface area contributed by atoms with Crippen LogP contribution in [0.2, 0.25) is 0 Å². The molecule has 1 aliphatic carbocycles. The molecule has 1 N–H and O–H groups in total. The van der Waals surface area contributed by atoms with Gasteiger partial charge in [-0.05, 0) is 57.0 Å². The van der Waals surface area contributed by atoms with Gasteiger partial charge < -0.3 is 39.4 Å². The first-order valence-corrected chi connectivity index (χ1v) is 11.5. The number of nitrogens with one attached hydrogen (secondary N) is 1. The summed E-state index contributed by atoms with van der Waals surface area (Å²) in [4.78, 5) is 14.5. The normalized spacial score (nSPS) is 17.3. The molecule has 0 saturated carbocycles. The number of halogens is 1. The predicted octanol–water partition coefficient (Wildman–Crippen LogP) is 1.87. The molecular weight excluding hydrogens is 529 g/mol. The van der Waals surface area contributed by atoms with Crippen LogP contribution in [-0.4, -0.2) is 37.9 Å². The predicted molar refractivity (Wildman–Crippen MR) is 126 cm³/mol. The average Bonchev–Trinajstić information content (AvgIpc) is 3.34. The number of allylic oxidation sites excluding steroid dienone is 4. The minimum absolute atomic E-state index is 0. The summed E-state index contributed by atoms with van der Waals surface area (Å²) >= 11 is 0. The molecule has 0 bridgehead atoms. The van der Waals surface area contributed by atoms with Gasteiger partial charge in [-0.25, -0.2) is 4.57 Å². The lowest BCUT2D eigenvalue weighted by atomic mass is 9.81. The van der Waals surface area contributed by atoms with Crippen LogP contribution in [0.5, 0.6) is 0 Å². The smallest absolute Gasteiger partial charge is 0.434 e. The number of hydrogen-bond acceptors (Lipinski definition) is 4. The second-order valence-corrected chi connectivity index (χ2v) is 8.92. The highest BCUT2D eigenvalue weighted by atomic mass is 127. The zero-order valence-electron chi connectivity index (χ0n) is 19.6. The van der Waals surface area contributed by atoms with Crippen LogP contribution in [0, 0.1) is 10.1 Å². The number of aromatic nitrogens is 2. The molecule has 0 unspecified atom stereocenters. The summed E-state index contributed by atoms with van der Waals surface area (Å²) in [5.41, 5.74) is 6.57. The fraction of sp³-hybridized carbons (Fsp3) is 0.440. The van der Waals surface area contributed by atoms with Crippen LogP contribution in [0.4, 0.5) is 11.6 Å². The molecule has 1 aromatic heterocycles. The van der Waals surface area contributed by atoms with E-state index in [1.54, 1.807) is 10.8 Å². The van der Waals surface area contributed by atoms with Gasteiger partial charge in [-0.3, -0.25) is 0 Å². The highest BCUT2D eigenvalue weighted by molar-refractivity contribution is 6.03. The van der Waals surface area contributed by atoms with Gasteiger partial charge in [0.05, 0.1) is 12.0 Å². The van der Waals surface area contributed by atoms with E-state index >= 15 is 0 Å². The van der Waals surface area contributed by atoms with E-state index in [4.69, 9.17) is 0 Å². The summed E-state index contributed by atoms with van der Waals surface area (Å²) in [5, 5.41) is 14.6. The van der Waals surface area contributed by atoms with E-state index in [9.17, 15) is 10.1 Å². The van der Waals surface area contributed by atoms with Crippen molar-refractivity contribution in [3.8, 4) is 0 Å². The van der Waals surface area contributed by atoms with Gasteiger partial charge in [0.25, 0.3) is 0 Å². The number of hydrogen-bond donors (Lipinski definition) is 1. The molecule has 0 amide bonds. The summed E-state index contributed by atoms with van der Waals surface area (Å²) in [6.07, 6.45) is 12.1. The standard InChI is InChI=1S/C25H31N5O2.HI/c1-4-29-22-12-8-6-10-20(22)25(2,3)23(29)14-13-19-9-5-7-11-21(19)26-15-17-28-18-16-27-24(28)30(31)32;/h6,8,10,12-14,16,18H,4-5,7,9,11,15,17H2,1-3H3;1H. The van der Waals surface area contributed by atoms with E-state index in [0.29, 0.717) is 13.1 Å². The Balaban J connectivity index is 0.00000306. The Morgan fingerprint density at radius 2 is 2.00 bits per heavy atom. The lowest BCUT2D eigenvalue weighted by Gasteiger charge is -2.20. The van der Waals surface area contributed by atoms with Crippen molar-refractivity contribution >= 4 is 17.3 Å². The Morgan fingerprint density at radius 1 is 1.24 bits per heavy atom. The Morgan fingerprint density at radius 3 is 2.76 bits per heavy atom. The highest BCUT2D eigenvalue weighted by Gasteiger charge is 2.43. The quantitative estimate of drug-likeness (QED) is 0.231. The monoisotopic (exact) mass is 561 g/mol. The summed E-state index contributed by atoms with van der Waals surface area (Å²) in [7, 11) is 0. The van der Waals surface area contributed by atoms with Gasteiger partial charge in [0, 0.05) is 29.9 Å². The first-order valence-electron chi connectivity index (χ1n) is 11.5. The van der Waals surface area contributed by atoms with Crippen molar-refractivity contribution in [2.75, 3.05) is 13.1 Å². The van der Waals surface area contributed by atoms with Crippen molar-refractivity contribution in [1.29, 1.82) is 0 Å². The van der Waals surface area contributed by atoms with E-state index in [2.05, 4.69) is 72.1 Å². The van der Waals surface area contributed by atoms with E-state index in [1.165, 1.54) is 47.3 Å². The van der Waals surface area contributed by atoms with Gasteiger partial charge in [-0.1, -0.05) is 29.3 Å². The van der Waals surface area contributed by atoms with Crippen LogP contribution in [-0.2, 0) is 12.0 Å². The number of nitrogens with zero attached hydrogens (tertiary/aromatic N) is 4. The van der Waals surface area contributed by atoms with Crippen molar-refractivity contribution in [3.05, 3.63) is 75.8 Å². The molecule has 176 valence electrons. The topological polar surface area (TPSA) is 76.0 Å². The molecule has 0 radical (unpaired) electrons. The molecule has 4 rings (SSSR count). The van der Waals surface area contributed by atoms with Gasteiger partial charge in [-0.15, -0.1) is 0 Å². The van der Waals surface area contributed by atoms with Gasteiger partial charge in [0.15, 0.2) is 5.71 Å². The van der Waals surface area contributed by atoms with E-state index in [1.807, 2.05) is 0 Å². The number of imidazole rings is 1. The third kappa shape index (κ3) is 5.05. The number of rotatable bonds is 8. The largest absolute Gasteiger partial charge is 1.00 e. The van der Waals surface area contributed by atoms with Crippen LogP contribution < -0.4 is 29.3 Å². The molecule has 0 fully saturated rings. The fourth-order valence-corrected chi connectivity index (χ4v) is 4.95. The van der Waals surface area contributed by atoms with Crippen molar-refractivity contribution < 1.29 is 33.5 Å². The highest BCUT2D eigenvalue weighted by Crippen LogP contribution is 2.39. The summed E-state index contributed by atoms with van der Waals surface area (Å²) in [5.74, 6) is -0.108. The third-order valence-electron chi connectivity index (χ3n) is 6.62. The Hall–Kier alpha value is -2.49. The third-order valence-corrected chi connectivity index (χ3v) is 6.62. The van der Waals surface area contributed by atoms with Gasteiger partial charge in [-0.2, -0.15) is 4.58 Å². The van der Waals surface area contributed by atoms with Crippen LogP contribution >= 0.6 is 0 Å². The number of benzene rings is 1. The molecule has 7 nitrogen and oxygen atoms in total. The Labute approximate surface area is 212 Å². The maximum absolute atomic E-state index is 11.1. The summed E-state index contributed by atoms with van der Waals surface area (Å²) in [6.45, 7) is 8.89. The van der Waals surface area contributed by atoms with Crippen LogP contribution in [0.25, 0.3) is 0 Å². The van der Waals surface area contributed by atoms with Gasteiger partial charge >= 0.3 is 5.95 Å². The minimum atomic E-state index is -0.438. The second kappa shape index (κ2) is 10.6. The summed E-state index contributed by atoms with van der Waals surface area (Å²) < 4.78 is 4.00. The molecular formula is C25H32IN5O2. The zero-order valence-corrected chi connectivity index (χ0v) is 21.7. The number of nitro groups is 1. The molecule has 8 heteroatoms. The summed E-state index contributed by atoms with van der Waals surface area (Å²) in [6, 6.07) is 8.68. The fourth-order valence-electron chi connectivity index (χ4n) is 4.95. The van der Waals surface area contributed by atoms with Crippen molar-refractivity contribution in [3.63, 3.8) is 0 Å². The van der Waals surface area contributed by atoms with Crippen molar-refractivity contribution in [1.82, 2.24) is 14.9 Å². The van der Waals surface area contributed by atoms with Gasteiger partial charge in [0.1, 0.15) is 18.9 Å². The Bertz CT molecular complexity index is 1110. The molecule has 2 aliphatic rings. The van der Waals surface area contributed by atoms with Gasteiger partial charge in [0.2, 0.25) is 5.69 Å². The zero-order chi connectivity index (χ0) is 22.7. The molecule has 2 aromatic rings. The molecule has 1 aromatic carbocycles. The molecule has 0 saturated heterocycles. The lowest BCUT2D eigenvalue weighted by molar-refractivity contribution is -0.433. The number of fused-ring (bicyclic) bond motifs is 1. The van der Waals surface area contributed by atoms with E-state index in [0.717, 1.165) is 19.4 Å². The molecule has 33 heavy (non-hydrogen) atoms. The van der Waals surface area contributed by atoms with Crippen LogP contribution in [0.3, 0.4) is 0 Å². The second-order valence-electron chi connectivity index (χ2n) is 8.92. The SMILES string of the molecule is CC[N+]1=C(/C=C/C2=C(NCCn3ccnc3[N+](=O)[O-])CCCC2)C(C)(C)c2ccccc21.[I-]. The van der Waals surface area contributed by atoms with Crippen molar-refractivity contribution in [2.24, 2.45) is 0 Å². The average molecular weight is 561 g/mol. The lowest BCUT2D eigenvalue weighted by Crippen LogP contribution is -3.00. The van der Waals surface area contributed by atoms with E-state index < -0.39 is 4.92 Å². The van der Waals surface area contributed by atoms with E-state index in [-0.39, 0.29) is 35.3 Å². The molecule has 1 aliphatic heterocycles. The first kappa shape index (κ1) is 25.1. The Kier molecular flexibility index (Phi) is 8.10. The molecule has 0 atom stereocenters. The van der Waals surface area contributed by atoms with Crippen LogP contribution in [0.15, 0.2) is 60.1 Å². The molecule has 2 heterocycles. The maximum atomic E-state index is 11.1. The number of para-hydroxylation sites is 1. The minimum Gasteiger partial charge on any atom is -1.00 e. The van der Waals surface area contributed by atoms with Crippen LogP contribution in [0.1, 0.15) is 52.0 Å². The molecule has 0 spiro atoms. The van der Waals surface area contributed by atoms with Crippen molar-refractivity contribution in [2.45, 2.75) is 58.4 Å².